The molecule has 21 heavy (non-hydrogen) atoms. The quantitative estimate of drug-likeness (QED) is 0.499. The van der Waals surface area contributed by atoms with Crippen molar-refractivity contribution in [3.63, 3.8) is 0 Å². The molecule has 102 valence electrons. The standard InChI is InChI=1S/C21H19/c1-3-16-19-11-7-6-9-17(19)14(2)21-18-10-5-4-8-15(18)12-13-20(16)21/h4-13,16H,3H2,1-2H3/q+1. The average Bonchev–Trinajstić information content (AvgIpc) is 2.55. The molecule has 1 aliphatic rings. The van der Waals surface area contributed by atoms with Gasteiger partial charge in [-0.2, -0.15) is 0 Å². The van der Waals surface area contributed by atoms with E-state index in [-0.39, 0.29) is 0 Å². The molecule has 0 aromatic heterocycles. The van der Waals surface area contributed by atoms with Crippen LogP contribution in [0.2, 0.25) is 0 Å². The van der Waals surface area contributed by atoms with E-state index in [1.165, 1.54) is 38.9 Å². The van der Waals surface area contributed by atoms with E-state index in [1.807, 2.05) is 0 Å². The van der Waals surface area contributed by atoms with Gasteiger partial charge in [0.05, 0.1) is 22.4 Å². The van der Waals surface area contributed by atoms with Gasteiger partial charge in [-0.25, -0.2) is 0 Å². The molecule has 3 aromatic carbocycles. The minimum absolute atomic E-state index is 0.518. The van der Waals surface area contributed by atoms with Crippen LogP contribution in [0.5, 0.6) is 0 Å². The van der Waals surface area contributed by atoms with Gasteiger partial charge in [-0.3, -0.25) is 0 Å². The van der Waals surface area contributed by atoms with E-state index in [9.17, 15) is 0 Å². The van der Waals surface area contributed by atoms with Crippen molar-refractivity contribution in [2.75, 3.05) is 0 Å². The van der Waals surface area contributed by atoms with Gasteiger partial charge in [-0.05, 0) is 55.8 Å². The molecule has 3 aromatic rings. The minimum Gasteiger partial charge on any atom is -0.0631 e. The third-order valence-corrected chi connectivity index (χ3v) is 4.86. The summed E-state index contributed by atoms with van der Waals surface area (Å²) in [5.41, 5.74) is 5.86. The third kappa shape index (κ3) is 1.72. The molecule has 0 fully saturated rings. The van der Waals surface area contributed by atoms with Crippen LogP contribution < -0.4 is 0 Å². The highest BCUT2D eigenvalue weighted by Gasteiger charge is 2.36. The van der Waals surface area contributed by atoms with Crippen LogP contribution in [0.3, 0.4) is 0 Å². The first-order valence-electron chi connectivity index (χ1n) is 7.76. The fourth-order valence-electron chi connectivity index (χ4n) is 3.88. The summed E-state index contributed by atoms with van der Waals surface area (Å²) in [5.74, 6) is 1.94. The lowest BCUT2D eigenvalue weighted by Crippen LogP contribution is -2.17. The smallest absolute Gasteiger partial charge is 0.0631 e. The summed E-state index contributed by atoms with van der Waals surface area (Å²) in [5, 5.41) is 2.73. The average molecular weight is 271 g/mol. The Hall–Kier alpha value is -2.21. The van der Waals surface area contributed by atoms with Gasteiger partial charge in [0.2, 0.25) is 0 Å². The van der Waals surface area contributed by atoms with E-state index in [0.29, 0.717) is 5.92 Å². The normalized spacial score (nSPS) is 16.7. The Bertz CT molecular complexity index is 813. The van der Waals surface area contributed by atoms with Gasteiger partial charge in [0.15, 0.2) is 0 Å². The second kappa shape index (κ2) is 4.66. The molecule has 0 heteroatoms. The topological polar surface area (TPSA) is 0 Å². The van der Waals surface area contributed by atoms with Crippen molar-refractivity contribution in [2.24, 2.45) is 0 Å². The Morgan fingerprint density at radius 1 is 0.857 bits per heavy atom. The summed E-state index contributed by atoms with van der Waals surface area (Å²) in [4.78, 5) is 0. The molecule has 0 saturated heterocycles. The van der Waals surface area contributed by atoms with Crippen molar-refractivity contribution < 1.29 is 0 Å². The van der Waals surface area contributed by atoms with Crippen LogP contribution in [0.1, 0.15) is 48.4 Å². The first-order valence-corrected chi connectivity index (χ1v) is 7.76. The van der Waals surface area contributed by atoms with Gasteiger partial charge < -0.3 is 0 Å². The van der Waals surface area contributed by atoms with Crippen LogP contribution in [-0.2, 0) is 0 Å². The lowest BCUT2D eigenvalue weighted by atomic mass is 9.71. The Morgan fingerprint density at radius 2 is 1.62 bits per heavy atom. The first kappa shape index (κ1) is 12.5. The van der Waals surface area contributed by atoms with Crippen molar-refractivity contribution in [2.45, 2.75) is 26.2 Å². The molecule has 0 radical (unpaired) electrons. The molecule has 0 spiro atoms. The van der Waals surface area contributed by atoms with E-state index in [0.717, 1.165) is 6.42 Å². The van der Waals surface area contributed by atoms with Crippen molar-refractivity contribution in [3.8, 4) is 0 Å². The molecule has 0 amide bonds. The summed E-state index contributed by atoms with van der Waals surface area (Å²) in [6, 6.07) is 22.3. The van der Waals surface area contributed by atoms with Crippen molar-refractivity contribution in [1.82, 2.24) is 0 Å². The zero-order valence-corrected chi connectivity index (χ0v) is 12.6. The fraction of sp³-hybridized carbons (Fsp3) is 0.190. The van der Waals surface area contributed by atoms with Crippen LogP contribution in [0.4, 0.5) is 0 Å². The molecule has 0 aliphatic heterocycles. The van der Waals surface area contributed by atoms with Crippen molar-refractivity contribution in [1.29, 1.82) is 0 Å². The fourth-order valence-corrected chi connectivity index (χ4v) is 3.88. The molecular weight excluding hydrogens is 252 g/mol. The monoisotopic (exact) mass is 271 g/mol. The van der Waals surface area contributed by atoms with Gasteiger partial charge in [-0.15, -0.1) is 0 Å². The first-order chi connectivity index (χ1) is 10.3. The molecule has 1 unspecified atom stereocenters. The zero-order valence-electron chi connectivity index (χ0n) is 12.6. The molecule has 1 aliphatic carbocycles. The van der Waals surface area contributed by atoms with Crippen molar-refractivity contribution >= 4 is 10.8 Å². The molecule has 4 rings (SSSR count). The summed E-state index contributed by atoms with van der Waals surface area (Å²) in [6.45, 7) is 4.57. The summed E-state index contributed by atoms with van der Waals surface area (Å²) in [7, 11) is 0. The van der Waals surface area contributed by atoms with Crippen LogP contribution in [0.15, 0.2) is 60.7 Å². The van der Waals surface area contributed by atoms with Crippen molar-refractivity contribution in [3.05, 3.63) is 88.8 Å². The maximum atomic E-state index is 2.34. The van der Waals surface area contributed by atoms with E-state index in [4.69, 9.17) is 0 Å². The van der Waals surface area contributed by atoms with Gasteiger partial charge in [0.1, 0.15) is 0 Å². The molecule has 0 N–H and O–H groups in total. The van der Waals surface area contributed by atoms with Gasteiger partial charge >= 0.3 is 0 Å². The molecule has 0 heterocycles. The van der Waals surface area contributed by atoms with E-state index >= 15 is 0 Å². The highest BCUT2D eigenvalue weighted by Crippen LogP contribution is 2.46. The van der Waals surface area contributed by atoms with E-state index in [1.54, 1.807) is 0 Å². The van der Waals surface area contributed by atoms with Crippen LogP contribution in [0, 0.1) is 5.92 Å². The highest BCUT2D eigenvalue weighted by atomic mass is 14.3. The summed E-state index contributed by atoms with van der Waals surface area (Å²) >= 11 is 0. The molecule has 0 bridgehead atoms. The minimum atomic E-state index is 0.518. The molecule has 0 nitrogen and oxygen atoms in total. The second-order valence-corrected chi connectivity index (χ2v) is 5.92. The summed E-state index contributed by atoms with van der Waals surface area (Å²) < 4.78 is 0. The maximum absolute atomic E-state index is 2.34. The Kier molecular flexibility index (Phi) is 2.78. The van der Waals surface area contributed by atoms with Gasteiger partial charge in [-0.1, -0.05) is 19.1 Å². The lowest BCUT2D eigenvalue weighted by molar-refractivity contribution is 0.747. The molecule has 0 saturated carbocycles. The number of hydrogen-bond acceptors (Lipinski definition) is 0. The van der Waals surface area contributed by atoms with Gasteiger partial charge in [0.25, 0.3) is 0 Å². The van der Waals surface area contributed by atoms with E-state index in [2.05, 4.69) is 74.5 Å². The van der Waals surface area contributed by atoms with Crippen LogP contribution >= 0.6 is 0 Å². The predicted molar refractivity (Wildman–Crippen MR) is 89.6 cm³/mol. The number of fused-ring (bicyclic) bond motifs is 4. The number of benzene rings is 3. The maximum Gasteiger partial charge on any atom is 0.0877 e. The van der Waals surface area contributed by atoms with E-state index < -0.39 is 0 Å². The zero-order chi connectivity index (χ0) is 14.4. The van der Waals surface area contributed by atoms with Crippen LogP contribution in [0.25, 0.3) is 10.8 Å². The number of hydrogen-bond donors (Lipinski definition) is 0. The lowest BCUT2D eigenvalue weighted by Gasteiger charge is -2.26. The van der Waals surface area contributed by atoms with Crippen LogP contribution in [-0.4, -0.2) is 0 Å². The van der Waals surface area contributed by atoms with Gasteiger partial charge in [0, 0.05) is 28.5 Å². The SMILES string of the molecule is CCC1c2ccccc2[C+](C)c2c1ccc1ccccc21. The Morgan fingerprint density at radius 3 is 2.48 bits per heavy atom. The second-order valence-electron chi connectivity index (χ2n) is 5.92. The Balaban J connectivity index is 2.07. The molecule has 1 atom stereocenters. The number of rotatable bonds is 1. The summed E-state index contributed by atoms with van der Waals surface area (Å²) in [6.07, 6.45) is 1.15. The Labute approximate surface area is 126 Å². The third-order valence-electron chi connectivity index (χ3n) is 4.86. The molecular formula is C21H19+. The highest BCUT2D eigenvalue weighted by molar-refractivity contribution is 5.90. The largest absolute Gasteiger partial charge is 0.0877 e. The predicted octanol–water partition coefficient (Wildman–Crippen LogP) is 5.69.